The molecule has 0 aliphatic rings. The van der Waals surface area contributed by atoms with Crippen LogP contribution in [0.25, 0.3) is 0 Å². The molecule has 20 heavy (non-hydrogen) atoms. The summed E-state index contributed by atoms with van der Waals surface area (Å²) in [4.78, 5) is 23.9. The lowest BCUT2D eigenvalue weighted by atomic mass is 10.1. The molecule has 1 aromatic carbocycles. The van der Waals surface area contributed by atoms with Crippen LogP contribution in [-0.4, -0.2) is 11.8 Å². The van der Waals surface area contributed by atoms with E-state index in [1.54, 1.807) is 30.3 Å². The standard InChI is InChI=1S/C14H10Br2O3S/c1-2-11(17)8-3-5-9(6-4-8)19-14(18)12-7-10(15)13(16)20-12/h3-7H,2H2,1H3. The average molecular weight is 418 g/mol. The van der Waals surface area contributed by atoms with Crippen LogP contribution in [0.3, 0.4) is 0 Å². The molecule has 0 fully saturated rings. The van der Waals surface area contributed by atoms with Gasteiger partial charge in [0, 0.05) is 16.5 Å². The molecule has 0 aliphatic heterocycles. The minimum Gasteiger partial charge on any atom is -0.422 e. The fourth-order valence-electron chi connectivity index (χ4n) is 1.52. The lowest BCUT2D eigenvalue weighted by molar-refractivity contribution is 0.0739. The summed E-state index contributed by atoms with van der Waals surface area (Å²) in [6, 6.07) is 8.27. The molecule has 0 atom stereocenters. The molecular formula is C14H10Br2O3S. The average Bonchev–Trinajstić information content (AvgIpc) is 2.79. The van der Waals surface area contributed by atoms with E-state index in [9.17, 15) is 9.59 Å². The van der Waals surface area contributed by atoms with Crippen molar-refractivity contribution in [3.63, 3.8) is 0 Å². The van der Waals surface area contributed by atoms with Gasteiger partial charge in [-0.2, -0.15) is 0 Å². The van der Waals surface area contributed by atoms with E-state index in [0.717, 1.165) is 8.26 Å². The van der Waals surface area contributed by atoms with Crippen LogP contribution >= 0.6 is 43.2 Å². The van der Waals surface area contributed by atoms with Crippen molar-refractivity contribution in [3.05, 3.63) is 49.0 Å². The Bertz CT molecular complexity index is 627. The maximum atomic E-state index is 11.9. The first-order chi connectivity index (χ1) is 9.51. The summed E-state index contributed by atoms with van der Waals surface area (Å²) >= 11 is 7.95. The highest BCUT2D eigenvalue weighted by atomic mass is 79.9. The predicted octanol–water partition coefficient (Wildman–Crippen LogP) is 5.09. The lowest BCUT2D eigenvalue weighted by Gasteiger charge is -2.03. The number of carbonyl (C=O) groups excluding carboxylic acids is 2. The highest BCUT2D eigenvalue weighted by molar-refractivity contribution is 9.13. The minimum atomic E-state index is -0.420. The van der Waals surface area contributed by atoms with Gasteiger partial charge in [-0.25, -0.2) is 4.79 Å². The number of rotatable bonds is 4. The van der Waals surface area contributed by atoms with Crippen LogP contribution in [0.1, 0.15) is 33.4 Å². The molecule has 104 valence electrons. The van der Waals surface area contributed by atoms with E-state index in [0.29, 0.717) is 22.6 Å². The van der Waals surface area contributed by atoms with Crippen LogP contribution in [0.2, 0.25) is 0 Å². The Labute approximate surface area is 137 Å². The second kappa shape index (κ2) is 6.65. The minimum absolute atomic E-state index is 0.0639. The number of thiophene rings is 1. The number of hydrogen-bond donors (Lipinski definition) is 0. The zero-order valence-electron chi connectivity index (χ0n) is 10.5. The van der Waals surface area contributed by atoms with Gasteiger partial charge in [0.2, 0.25) is 0 Å². The molecule has 2 aromatic rings. The Balaban J connectivity index is 2.10. The van der Waals surface area contributed by atoms with Crippen LogP contribution in [-0.2, 0) is 0 Å². The number of benzene rings is 1. The highest BCUT2D eigenvalue weighted by Crippen LogP contribution is 2.32. The normalized spacial score (nSPS) is 10.3. The third-order valence-electron chi connectivity index (χ3n) is 2.55. The van der Waals surface area contributed by atoms with Crippen molar-refractivity contribution in [2.45, 2.75) is 13.3 Å². The van der Waals surface area contributed by atoms with E-state index in [4.69, 9.17) is 4.74 Å². The van der Waals surface area contributed by atoms with Gasteiger partial charge in [0.25, 0.3) is 0 Å². The summed E-state index contributed by atoms with van der Waals surface area (Å²) in [6.07, 6.45) is 0.455. The molecule has 0 bridgehead atoms. The maximum Gasteiger partial charge on any atom is 0.353 e. The number of halogens is 2. The molecule has 2 rings (SSSR count). The van der Waals surface area contributed by atoms with E-state index in [1.165, 1.54) is 11.3 Å². The van der Waals surface area contributed by atoms with Crippen LogP contribution in [0, 0.1) is 0 Å². The maximum absolute atomic E-state index is 11.9. The second-order valence-electron chi connectivity index (χ2n) is 3.92. The number of Topliss-reactive ketones (excluding diaryl/α,β-unsaturated/α-hetero) is 1. The third-order valence-corrected chi connectivity index (χ3v) is 5.79. The van der Waals surface area contributed by atoms with Crippen LogP contribution in [0.4, 0.5) is 0 Å². The van der Waals surface area contributed by atoms with Crippen LogP contribution in [0.5, 0.6) is 5.75 Å². The predicted molar refractivity (Wildman–Crippen MR) is 85.7 cm³/mol. The Kier molecular flexibility index (Phi) is 5.12. The zero-order chi connectivity index (χ0) is 14.7. The lowest BCUT2D eigenvalue weighted by Crippen LogP contribution is -2.06. The molecular weight excluding hydrogens is 408 g/mol. The van der Waals surface area contributed by atoms with Crippen LogP contribution < -0.4 is 4.74 Å². The van der Waals surface area contributed by atoms with E-state index < -0.39 is 5.97 Å². The van der Waals surface area contributed by atoms with Gasteiger partial charge in [0.1, 0.15) is 10.6 Å². The van der Waals surface area contributed by atoms with Gasteiger partial charge in [0.05, 0.1) is 3.79 Å². The number of esters is 1. The van der Waals surface area contributed by atoms with Gasteiger partial charge in [-0.1, -0.05) is 6.92 Å². The quantitative estimate of drug-likeness (QED) is 0.395. The number of ether oxygens (including phenoxy) is 1. The van der Waals surface area contributed by atoms with Crippen molar-refractivity contribution in [2.24, 2.45) is 0 Å². The van der Waals surface area contributed by atoms with Crippen LogP contribution in [0.15, 0.2) is 38.6 Å². The molecule has 0 saturated heterocycles. The molecule has 0 unspecified atom stereocenters. The molecule has 3 nitrogen and oxygen atoms in total. The molecule has 0 radical (unpaired) electrons. The molecule has 1 aromatic heterocycles. The summed E-state index contributed by atoms with van der Waals surface area (Å²) in [5.74, 6) is 0.0632. The summed E-state index contributed by atoms with van der Waals surface area (Å²) < 4.78 is 6.91. The Morgan fingerprint density at radius 2 is 1.85 bits per heavy atom. The van der Waals surface area contributed by atoms with Gasteiger partial charge in [0.15, 0.2) is 5.78 Å². The smallest absolute Gasteiger partial charge is 0.353 e. The summed E-state index contributed by atoms with van der Waals surface area (Å²) in [7, 11) is 0. The van der Waals surface area contributed by atoms with Crippen molar-refractivity contribution in [1.29, 1.82) is 0 Å². The van der Waals surface area contributed by atoms with Crippen molar-refractivity contribution < 1.29 is 14.3 Å². The van der Waals surface area contributed by atoms with E-state index >= 15 is 0 Å². The van der Waals surface area contributed by atoms with Gasteiger partial charge in [-0.05, 0) is 62.2 Å². The zero-order valence-corrected chi connectivity index (χ0v) is 14.5. The summed E-state index contributed by atoms with van der Waals surface area (Å²) in [5.41, 5.74) is 0.619. The Morgan fingerprint density at radius 1 is 1.20 bits per heavy atom. The first kappa shape index (κ1) is 15.4. The highest BCUT2D eigenvalue weighted by Gasteiger charge is 2.14. The van der Waals surface area contributed by atoms with Crippen molar-refractivity contribution in [3.8, 4) is 5.75 Å². The van der Waals surface area contributed by atoms with Gasteiger partial charge < -0.3 is 4.74 Å². The number of hydrogen-bond acceptors (Lipinski definition) is 4. The summed E-state index contributed by atoms with van der Waals surface area (Å²) in [5, 5.41) is 0. The Morgan fingerprint density at radius 3 is 2.35 bits per heavy atom. The fraction of sp³-hybridized carbons (Fsp3) is 0.143. The van der Waals surface area contributed by atoms with Crippen molar-refractivity contribution >= 4 is 54.9 Å². The molecule has 1 heterocycles. The summed E-state index contributed by atoms with van der Waals surface area (Å²) in [6.45, 7) is 1.81. The fourth-order valence-corrected chi connectivity index (χ4v) is 3.43. The van der Waals surface area contributed by atoms with E-state index in [-0.39, 0.29) is 5.78 Å². The first-order valence-corrected chi connectivity index (χ1v) is 8.21. The van der Waals surface area contributed by atoms with Gasteiger partial charge >= 0.3 is 5.97 Å². The van der Waals surface area contributed by atoms with Gasteiger partial charge in [-0.3, -0.25) is 4.79 Å². The number of carbonyl (C=O) groups is 2. The molecule has 0 saturated carbocycles. The van der Waals surface area contributed by atoms with E-state index in [1.807, 2.05) is 6.92 Å². The third kappa shape index (κ3) is 3.56. The monoisotopic (exact) mass is 416 g/mol. The Hall–Kier alpha value is -0.980. The van der Waals surface area contributed by atoms with Crippen molar-refractivity contribution in [2.75, 3.05) is 0 Å². The SMILES string of the molecule is CCC(=O)c1ccc(OC(=O)c2cc(Br)c(Br)s2)cc1. The molecule has 0 spiro atoms. The van der Waals surface area contributed by atoms with E-state index in [2.05, 4.69) is 31.9 Å². The molecule has 6 heteroatoms. The molecule has 0 aliphatic carbocycles. The van der Waals surface area contributed by atoms with Gasteiger partial charge in [-0.15, -0.1) is 11.3 Å². The second-order valence-corrected chi connectivity index (χ2v) is 7.15. The first-order valence-electron chi connectivity index (χ1n) is 5.81. The topological polar surface area (TPSA) is 43.4 Å². The molecule has 0 amide bonds. The molecule has 0 N–H and O–H groups in total. The number of ketones is 1. The van der Waals surface area contributed by atoms with Crippen molar-refractivity contribution in [1.82, 2.24) is 0 Å². The largest absolute Gasteiger partial charge is 0.422 e.